The summed E-state index contributed by atoms with van der Waals surface area (Å²) < 4.78 is 1.80. The minimum Gasteiger partial charge on any atom is -0.271 e. The second kappa shape index (κ2) is 5.87. The van der Waals surface area contributed by atoms with E-state index in [-0.39, 0.29) is 6.04 Å². The number of aryl methyl sites for hydroxylation is 1. The summed E-state index contributed by atoms with van der Waals surface area (Å²) in [4.78, 5) is 0. The zero-order chi connectivity index (χ0) is 14.7. The highest BCUT2D eigenvalue weighted by atomic mass is 15.4. The molecule has 0 fully saturated rings. The van der Waals surface area contributed by atoms with Gasteiger partial charge in [0.15, 0.2) is 0 Å². The van der Waals surface area contributed by atoms with Gasteiger partial charge in [-0.25, -0.2) is 10.1 Å². The second-order valence-corrected chi connectivity index (χ2v) is 4.92. The van der Waals surface area contributed by atoms with E-state index in [9.17, 15) is 0 Å². The summed E-state index contributed by atoms with van der Waals surface area (Å²) in [5.74, 6) is 5.77. The fraction of sp³-hybridized carbons (Fsp3) is 0.125. The lowest BCUT2D eigenvalue weighted by Crippen LogP contribution is -2.30. The topological polar surface area (TPSA) is 68.8 Å². The summed E-state index contributed by atoms with van der Waals surface area (Å²) in [7, 11) is 0. The van der Waals surface area contributed by atoms with Crippen molar-refractivity contribution in [3.05, 3.63) is 77.6 Å². The smallest absolute Gasteiger partial charge is 0.0899 e. The van der Waals surface area contributed by atoms with Crippen molar-refractivity contribution < 1.29 is 0 Å². The summed E-state index contributed by atoms with van der Waals surface area (Å²) in [6.45, 7) is 2.06. The van der Waals surface area contributed by atoms with E-state index in [0.29, 0.717) is 0 Å². The number of hydrazine groups is 1. The Morgan fingerprint density at radius 1 is 1.10 bits per heavy atom. The lowest BCUT2D eigenvalue weighted by atomic mass is 10.0. The van der Waals surface area contributed by atoms with E-state index >= 15 is 0 Å². The molecule has 0 amide bonds. The van der Waals surface area contributed by atoms with E-state index in [1.807, 2.05) is 42.5 Å². The molecule has 3 rings (SSSR count). The predicted octanol–water partition coefficient (Wildman–Crippen LogP) is 2.13. The molecule has 0 spiro atoms. The average molecular weight is 279 g/mol. The molecule has 5 heteroatoms. The molecule has 1 aromatic heterocycles. The highest BCUT2D eigenvalue weighted by molar-refractivity contribution is 5.36. The number of benzene rings is 2. The molecule has 21 heavy (non-hydrogen) atoms. The lowest BCUT2D eigenvalue weighted by Gasteiger charge is -2.17. The first-order valence-corrected chi connectivity index (χ1v) is 6.78. The summed E-state index contributed by atoms with van der Waals surface area (Å²) in [6, 6.07) is 17.9. The van der Waals surface area contributed by atoms with Crippen molar-refractivity contribution in [2.24, 2.45) is 5.84 Å². The SMILES string of the molecule is Cc1cccc(C(NN)c2cnnn2-c2ccccc2)c1. The van der Waals surface area contributed by atoms with Gasteiger partial charge in [0, 0.05) is 0 Å². The van der Waals surface area contributed by atoms with Crippen LogP contribution in [0.2, 0.25) is 0 Å². The van der Waals surface area contributed by atoms with Crippen LogP contribution in [0.5, 0.6) is 0 Å². The van der Waals surface area contributed by atoms with Gasteiger partial charge in [0.25, 0.3) is 0 Å². The van der Waals surface area contributed by atoms with Gasteiger partial charge < -0.3 is 0 Å². The van der Waals surface area contributed by atoms with Crippen LogP contribution in [0, 0.1) is 6.92 Å². The maximum Gasteiger partial charge on any atom is 0.0899 e. The fourth-order valence-corrected chi connectivity index (χ4v) is 2.41. The van der Waals surface area contributed by atoms with Gasteiger partial charge in [-0.3, -0.25) is 5.84 Å². The number of hydrogen-bond acceptors (Lipinski definition) is 4. The number of rotatable bonds is 4. The summed E-state index contributed by atoms with van der Waals surface area (Å²) in [6.07, 6.45) is 1.74. The van der Waals surface area contributed by atoms with E-state index < -0.39 is 0 Å². The first kappa shape index (κ1) is 13.5. The van der Waals surface area contributed by atoms with Crippen molar-refractivity contribution in [1.29, 1.82) is 0 Å². The molecule has 106 valence electrons. The van der Waals surface area contributed by atoms with Crippen LogP contribution < -0.4 is 11.3 Å². The normalized spacial score (nSPS) is 12.3. The van der Waals surface area contributed by atoms with Gasteiger partial charge in [0.2, 0.25) is 0 Å². The average Bonchev–Trinajstić information content (AvgIpc) is 2.98. The highest BCUT2D eigenvalue weighted by Gasteiger charge is 2.18. The van der Waals surface area contributed by atoms with Crippen LogP contribution in [-0.4, -0.2) is 15.0 Å². The minimum absolute atomic E-state index is 0.167. The molecule has 0 aliphatic carbocycles. The molecule has 0 saturated carbocycles. The third-order valence-electron chi connectivity index (χ3n) is 3.41. The first-order chi connectivity index (χ1) is 10.3. The Kier molecular flexibility index (Phi) is 3.77. The van der Waals surface area contributed by atoms with Gasteiger partial charge in [-0.2, -0.15) is 0 Å². The molecule has 2 aromatic carbocycles. The molecule has 0 aliphatic rings. The van der Waals surface area contributed by atoms with Crippen molar-refractivity contribution >= 4 is 0 Å². The van der Waals surface area contributed by atoms with Crippen molar-refractivity contribution in [3.8, 4) is 5.69 Å². The van der Waals surface area contributed by atoms with Crippen LogP contribution in [0.3, 0.4) is 0 Å². The van der Waals surface area contributed by atoms with Crippen LogP contribution in [0.25, 0.3) is 5.69 Å². The van der Waals surface area contributed by atoms with Crippen LogP contribution in [0.1, 0.15) is 22.9 Å². The molecule has 5 nitrogen and oxygen atoms in total. The van der Waals surface area contributed by atoms with Crippen LogP contribution >= 0.6 is 0 Å². The standard InChI is InChI=1S/C16H17N5/c1-12-6-5-7-13(10-12)16(19-17)15-11-18-20-21(15)14-8-3-2-4-9-14/h2-11,16,19H,17H2,1H3. The molecular weight excluding hydrogens is 262 g/mol. The Morgan fingerprint density at radius 3 is 2.62 bits per heavy atom. The molecular formula is C16H17N5. The van der Waals surface area contributed by atoms with Gasteiger partial charge in [0.05, 0.1) is 23.6 Å². The highest BCUT2D eigenvalue weighted by Crippen LogP contribution is 2.23. The lowest BCUT2D eigenvalue weighted by molar-refractivity contribution is 0.595. The summed E-state index contributed by atoms with van der Waals surface area (Å²) >= 11 is 0. The third-order valence-corrected chi connectivity index (χ3v) is 3.41. The Hall–Kier alpha value is -2.50. The Morgan fingerprint density at radius 2 is 1.90 bits per heavy atom. The van der Waals surface area contributed by atoms with E-state index in [2.05, 4.69) is 34.8 Å². The minimum atomic E-state index is -0.167. The Labute approximate surface area is 123 Å². The molecule has 1 heterocycles. The van der Waals surface area contributed by atoms with E-state index in [0.717, 1.165) is 16.9 Å². The number of nitrogens with zero attached hydrogens (tertiary/aromatic N) is 3. The first-order valence-electron chi connectivity index (χ1n) is 6.78. The number of nitrogens with two attached hydrogens (primary N) is 1. The molecule has 1 atom stereocenters. The monoisotopic (exact) mass is 279 g/mol. The molecule has 0 saturated heterocycles. The van der Waals surface area contributed by atoms with Gasteiger partial charge in [0.1, 0.15) is 0 Å². The Balaban J connectivity index is 2.05. The zero-order valence-corrected chi connectivity index (χ0v) is 11.8. The van der Waals surface area contributed by atoms with Crippen LogP contribution in [-0.2, 0) is 0 Å². The van der Waals surface area contributed by atoms with Crippen molar-refractivity contribution in [3.63, 3.8) is 0 Å². The predicted molar refractivity (Wildman–Crippen MR) is 81.7 cm³/mol. The van der Waals surface area contributed by atoms with Crippen molar-refractivity contribution in [2.45, 2.75) is 13.0 Å². The fourth-order valence-electron chi connectivity index (χ4n) is 2.41. The second-order valence-electron chi connectivity index (χ2n) is 4.92. The van der Waals surface area contributed by atoms with Gasteiger partial charge in [-0.15, -0.1) is 5.10 Å². The molecule has 3 N–H and O–H groups in total. The van der Waals surface area contributed by atoms with E-state index in [1.54, 1.807) is 10.9 Å². The molecule has 0 aliphatic heterocycles. The van der Waals surface area contributed by atoms with Gasteiger partial charge in [-0.1, -0.05) is 53.2 Å². The maximum atomic E-state index is 5.77. The quantitative estimate of drug-likeness (QED) is 0.567. The number of hydrogen-bond donors (Lipinski definition) is 2. The molecule has 3 aromatic rings. The summed E-state index contributed by atoms with van der Waals surface area (Å²) in [5.41, 5.74) is 6.98. The van der Waals surface area contributed by atoms with E-state index in [4.69, 9.17) is 5.84 Å². The number of para-hydroxylation sites is 1. The van der Waals surface area contributed by atoms with Crippen LogP contribution in [0.15, 0.2) is 60.8 Å². The molecule has 0 bridgehead atoms. The van der Waals surface area contributed by atoms with Crippen molar-refractivity contribution in [1.82, 2.24) is 20.4 Å². The number of aromatic nitrogens is 3. The summed E-state index contributed by atoms with van der Waals surface area (Å²) in [5, 5.41) is 8.21. The Bertz CT molecular complexity index is 720. The van der Waals surface area contributed by atoms with Gasteiger partial charge >= 0.3 is 0 Å². The zero-order valence-electron chi connectivity index (χ0n) is 11.8. The van der Waals surface area contributed by atoms with Crippen LogP contribution in [0.4, 0.5) is 0 Å². The third kappa shape index (κ3) is 2.69. The maximum absolute atomic E-state index is 5.77. The molecule has 1 unspecified atom stereocenters. The number of nitrogens with one attached hydrogen (secondary N) is 1. The molecule has 0 radical (unpaired) electrons. The van der Waals surface area contributed by atoms with E-state index in [1.165, 1.54) is 5.56 Å². The largest absolute Gasteiger partial charge is 0.271 e. The van der Waals surface area contributed by atoms with Crippen molar-refractivity contribution in [2.75, 3.05) is 0 Å². The van der Waals surface area contributed by atoms with Gasteiger partial charge in [-0.05, 0) is 24.6 Å².